The van der Waals surface area contributed by atoms with Crippen LogP contribution in [0.3, 0.4) is 0 Å². The number of para-hydroxylation sites is 1. The Kier molecular flexibility index (Phi) is 4.84. The highest BCUT2D eigenvalue weighted by atomic mass is 16.5. The molecule has 0 atom stereocenters. The number of benzene rings is 2. The molecule has 0 amide bonds. The van der Waals surface area contributed by atoms with Crippen LogP contribution in [0.15, 0.2) is 52.9 Å². The summed E-state index contributed by atoms with van der Waals surface area (Å²) in [6, 6.07) is 14.9. The minimum absolute atomic E-state index is 0.0581. The molecule has 1 aromatic heterocycles. The van der Waals surface area contributed by atoms with Crippen molar-refractivity contribution < 1.29 is 18.7 Å². The maximum Gasteiger partial charge on any atom is 0.395 e. The minimum atomic E-state index is -0.585. The van der Waals surface area contributed by atoms with Gasteiger partial charge in [0.05, 0.1) is 0 Å². The van der Waals surface area contributed by atoms with Gasteiger partial charge in [0.25, 0.3) is 0 Å². The lowest BCUT2D eigenvalue weighted by Crippen LogP contribution is -2.34. The molecule has 0 bridgehead atoms. The number of aromatic nitrogens is 1. The van der Waals surface area contributed by atoms with E-state index in [2.05, 4.69) is 10.3 Å². The van der Waals surface area contributed by atoms with Crippen LogP contribution in [0.1, 0.15) is 29.1 Å². The molecular weight excluding hydrogens is 332 g/mol. The quantitative estimate of drug-likeness (QED) is 0.710. The van der Waals surface area contributed by atoms with Crippen LogP contribution in [0.4, 0.5) is 0 Å². The summed E-state index contributed by atoms with van der Waals surface area (Å²) >= 11 is 0. The Hall–Kier alpha value is -2.86. The lowest BCUT2D eigenvalue weighted by molar-refractivity contribution is 0.0429. The Labute approximate surface area is 151 Å². The Morgan fingerprint density at radius 1 is 1.12 bits per heavy atom. The lowest BCUT2D eigenvalue weighted by Gasteiger charge is -2.23. The van der Waals surface area contributed by atoms with Crippen LogP contribution in [0.2, 0.25) is 0 Å². The smallest absolute Gasteiger partial charge is 0.395 e. The molecule has 1 N–H and O–H groups in total. The molecule has 2 aromatic carbocycles. The molecule has 0 radical (unpaired) electrons. The van der Waals surface area contributed by atoms with E-state index in [1.165, 1.54) is 0 Å². The topological polar surface area (TPSA) is 73.6 Å². The average Bonchev–Trinajstić information content (AvgIpc) is 3.13. The van der Waals surface area contributed by atoms with E-state index in [1.807, 2.05) is 42.5 Å². The summed E-state index contributed by atoms with van der Waals surface area (Å²) in [6.07, 6.45) is 2.03. The molecule has 0 spiro atoms. The Morgan fingerprint density at radius 3 is 2.73 bits per heavy atom. The summed E-state index contributed by atoms with van der Waals surface area (Å²) in [7, 11) is 0. The molecule has 1 aliphatic heterocycles. The van der Waals surface area contributed by atoms with Crippen molar-refractivity contribution in [3.8, 4) is 5.75 Å². The summed E-state index contributed by atoms with van der Waals surface area (Å²) in [6.45, 7) is 2.06. The van der Waals surface area contributed by atoms with Crippen LogP contribution in [-0.2, 0) is 11.3 Å². The zero-order valence-electron chi connectivity index (χ0n) is 14.3. The molecular formula is C20H20N2O4. The molecule has 0 saturated carbocycles. The van der Waals surface area contributed by atoms with E-state index in [9.17, 15) is 4.79 Å². The van der Waals surface area contributed by atoms with Gasteiger partial charge in [-0.1, -0.05) is 36.4 Å². The number of hydrogen-bond donors (Lipinski definition) is 1. The van der Waals surface area contributed by atoms with Crippen molar-refractivity contribution in [3.05, 3.63) is 60.0 Å². The van der Waals surface area contributed by atoms with Crippen molar-refractivity contribution in [3.63, 3.8) is 0 Å². The van der Waals surface area contributed by atoms with Gasteiger partial charge in [-0.3, -0.25) is 0 Å². The second kappa shape index (κ2) is 7.58. The minimum Gasteiger partial charge on any atom is -0.488 e. The first-order valence-corrected chi connectivity index (χ1v) is 8.77. The normalized spacial score (nSPS) is 15.1. The molecule has 4 rings (SSSR count). The summed E-state index contributed by atoms with van der Waals surface area (Å²) in [4.78, 5) is 16.6. The van der Waals surface area contributed by atoms with Crippen molar-refractivity contribution in [2.75, 3.05) is 13.1 Å². The number of fused-ring (bicyclic) bond motifs is 1. The fourth-order valence-corrected chi connectivity index (χ4v) is 2.98. The molecule has 2 heterocycles. The highest BCUT2D eigenvalue weighted by Gasteiger charge is 2.21. The lowest BCUT2D eigenvalue weighted by atomic mass is 10.1. The number of ether oxygens (including phenoxy) is 2. The second-order valence-corrected chi connectivity index (χ2v) is 6.25. The number of esters is 1. The van der Waals surface area contributed by atoms with Gasteiger partial charge in [0, 0.05) is 0 Å². The van der Waals surface area contributed by atoms with Gasteiger partial charge in [0.15, 0.2) is 11.1 Å². The number of carbonyl (C=O) groups is 1. The van der Waals surface area contributed by atoms with Gasteiger partial charge in [0.2, 0.25) is 0 Å². The van der Waals surface area contributed by atoms with Crippen molar-refractivity contribution in [1.82, 2.24) is 10.3 Å². The fraction of sp³-hybridized carbons (Fsp3) is 0.300. The zero-order valence-corrected chi connectivity index (χ0v) is 14.3. The van der Waals surface area contributed by atoms with Crippen LogP contribution in [-0.4, -0.2) is 30.1 Å². The maximum absolute atomic E-state index is 12.3. The standard InChI is InChI=1S/C20H20N2O4/c23-20(24-13-14-5-2-1-3-6-14)19-22-18-16(7-4-8-17(18)26-19)25-15-9-11-21-12-10-15/h1-8,15,21H,9-13H2. The molecule has 1 saturated heterocycles. The van der Waals surface area contributed by atoms with E-state index in [0.29, 0.717) is 16.8 Å². The number of nitrogens with zero attached hydrogens (tertiary/aromatic N) is 1. The largest absolute Gasteiger partial charge is 0.488 e. The van der Waals surface area contributed by atoms with E-state index in [-0.39, 0.29) is 18.6 Å². The van der Waals surface area contributed by atoms with Crippen molar-refractivity contribution in [2.45, 2.75) is 25.6 Å². The third kappa shape index (κ3) is 3.70. The van der Waals surface area contributed by atoms with E-state index in [0.717, 1.165) is 31.5 Å². The summed E-state index contributed by atoms with van der Waals surface area (Å²) in [5.74, 6) is -0.00424. The summed E-state index contributed by atoms with van der Waals surface area (Å²) in [5.41, 5.74) is 1.98. The van der Waals surface area contributed by atoms with Crippen LogP contribution < -0.4 is 10.1 Å². The van der Waals surface area contributed by atoms with Crippen LogP contribution in [0.5, 0.6) is 5.75 Å². The predicted molar refractivity (Wildman–Crippen MR) is 96.1 cm³/mol. The molecule has 1 fully saturated rings. The van der Waals surface area contributed by atoms with Gasteiger partial charge >= 0.3 is 11.9 Å². The van der Waals surface area contributed by atoms with Crippen LogP contribution >= 0.6 is 0 Å². The number of carbonyl (C=O) groups excluding carboxylic acids is 1. The number of rotatable bonds is 5. The molecule has 0 aliphatic carbocycles. The van der Waals surface area contributed by atoms with Crippen LogP contribution in [0.25, 0.3) is 11.1 Å². The van der Waals surface area contributed by atoms with Crippen molar-refractivity contribution in [2.24, 2.45) is 0 Å². The highest BCUT2D eigenvalue weighted by molar-refractivity contribution is 5.89. The number of nitrogens with one attached hydrogen (secondary N) is 1. The first-order valence-electron chi connectivity index (χ1n) is 8.77. The molecule has 0 unspecified atom stereocenters. The van der Waals surface area contributed by atoms with E-state index in [4.69, 9.17) is 13.9 Å². The third-order valence-corrected chi connectivity index (χ3v) is 4.35. The second-order valence-electron chi connectivity index (χ2n) is 6.25. The molecule has 134 valence electrons. The van der Waals surface area contributed by atoms with E-state index in [1.54, 1.807) is 6.07 Å². The monoisotopic (exact) mass is 352 g/mol. The Bertz CT molecular complexity index is 885. The maximum atomic E-state index is 12.3. The van der Waals surface area contributed by atoms with Crippen LogP contribution in [0, 0.1) is 0 Å². The summed E-state index contributed by atoms with van der Waals surface area (Å²) in [5, 5.41) is 3.31. The third-order valence-electron chi connectivity index (χ3n) is 4.35. The first-order chi connectivity index (χ1) is 12.8. The number of hydrogen-bond acceptors (Lipinski definition) is 6. The van der Waals surface area contributed by atoms with E-state index < -0.39 is 5.97 Å². The van der Waals surface area contributed by atoms with Gasteiger partial charge < -0.3 is 19.2 Å². The molecule has 3 aromatic rings. The Balaban J connectivity index is 1.49. The molecule has 6 nitrogen and oxygen atoms in total. The van der Waals surface area contributed by atoms with Crippen molar-refractivity contribution in [1.29, 1.82) is 0 Å². The number of oxazole rings is 1. The Morgan fingerprint density at radius 2 is 1.92 bits per heavy atom. The molecule has 1 aliphatic rings. The molecule has 6 heteroatoms. The average molecular weight is 352 g/mol. The van der Waals surface area contributed by atoms with Gasteiger partial charge in [-0.25, -0.2) is 4.79 Å². The fourth-order valence-electron chi connectivity index (χ4n) is 2.98. The SMILES string of the molecule is O=C(OCc1ccccc1)c1nc2c(OC3CCNCC3)cccc2o1. The first kappa shape index (κ1) is 16.6. The predicted octanol–water partition coefficient (Wildman–Crippen LogP) is 3.32. The summed E-state index contributed by atoms with van der Waals surface area (Å²) < 4.78 is 16.9. The molecule has 26 heavy (non-hydrogen) atoms. The van der Waals surface area contributed by atoms with Gasteiger partial charge in [-0.05, 0) is 43.6 Å². The number of piperidine rings is 1. The van der Waals surface area contributed by atoms with Gasteiger partial charge in [-0.15, -0.1) is 0 Å². The highest BCUT2D eigenvalue weighted by Crippen LogP contribution is 2.28. The zero-order chi connectivity index (χ0) is 17.8. The van der Waals surface area contributed by atoms with Crippen molar-refractivity contribution >= 4 is 17.1 Å². The van der Waals surface area contributed by atoms with Gasteiger partial charge in [0.1, 0.15) is 18.5 Å². The van der Waals surface area contributed by atoms with Gasteiger partial charge in [-0.2, -0.15) is 4.98 Å². The van der Waals surface area contributed by atoms with E-state index >= 15 is 0 Å².